The molecule has 0 radical (unpaired) electrons. The van der Waals surface area contributed by atoms with Gasteiger partial charge in [-0.3, -0.25) is 0 Å². The molecule has 0 saturated carbocycles. The molecule has 0 aromatic heterocycles. The van der Waals surface area contributed by atoms with E-state index in [0.717, 1.165) is 23.4 Å². The zero-order chi connectivity index (χ0) is 10.7. The minimum absolute atomic E-state index is 0.0174. The zero-order valence-electron chi connectivity index (χ0n) is 8.44. The number of hydrogen-bond acceptors (Lipinski definition) is 3. The fraction of sp³-hybridized carbons (Fsp3) is 0.364. The number of rotatable bonds is 3. The smallest absolute Gasteiger partial charge is 0.146 e. The summed E-state index contributed by atoms with van der Waals surface area (Å²) in [4.78, 5) is 5.15. The van der Waals surface area contributed by atoms with Gasteiger partial charge < -0.3 is 9.57 Å². The van der Waals surface area contributed by atoms with Crippen LogP contribution in [0.2, 0.25) is 0 Å². The van der Waals surface area contributed by atoms with Gasteiger partial charge in [0.05, 0.1) is 18.7 Å². The summed E-state index contributed by atoms with van der Waals surface area (Å²) in [6, 6.07) is 7.76. The van der Waals surface area contributed by atoms with Gasteiger partial charge in [0.2, 0.25) is 0 Å². The number of nitrogens with zero attached hydrogens (tertiary/aromatic N) is 1. The van der Waals surface area contributed by atoms with Crippen molar-refractivity contribution in [1.29, 1.82) is 0 Å². The molecule has 0 aliphatic carbocycles. The number of ether oxygens (including phenoxy) is 1. The maximum atomic E-state index is 5.69. The predicted octanol–water partition coefficient (Wildman–Crippen LogP) is 2.43. The maximum absolute atomic E-state index is 5.69. The highest BCUT2D eigenvalue weighted by atomic mass is 35.5. The Bertz CT molecular complexity index is 361. The van der Waals surface area contributed by atoms with Crippen LogP contribution in [0.4, 0.5) is 0 Å². The summed E-state index contributed by atoms with van der Waals surface area (Å²) in [5.41, 5.74) is 2.01. The van der Waals surface area contributed by atoms with Gasteiger partial charge in [0, 0.05) is 6.42 Å². The Morgan fingerprint density at radius 3 is 2.73 bits per heavy atom. The summed E-state index contributed by atoms with van der Waals surface area (Å²) in [5, 5.41) is 4.01. The molecule has 1 heterocycles. The fourth-order valence-corrected chi connectivity index (χ4v) is 1.63. The zero-order valence-corrected chi connectivity index (χ0v) is 9.20. The van der Waals surface area contributed by atoms with E-state index in [0.29, 0.717) is 5.88 Å². The average Bonchev–Trinajstić information content (AvgIpc) is 2.78. The Hall–Kier alpha value is -1.22. The van der Waals surface area contributed by atoms with E-state index in [4.69, 9.17) is 21.2 Å². The molecule has 0 saturated heterocycles. The minimum Gasteiger partial charge on any atom is -0.497 e. The number of alkyl halides is 1. The molecule has 1 aromatic carbocycles. The average molecular weight is 226 g/mol. The minimum atomic E-state index is 0.0174. The highest BCUT2D eigenvalue weighted by Crippen LogP contribution is 2.19. The van der Waals surface area contributed by atoms with Crippen LogP contribution < -0.4 is 4.74 Å². The molecular weight excluding hydrogens is 214 g/mol. The molecule has 0 fully saturated rings. The van der Waals surface area contributed by atoms with Crippen molar-refractivity contribution in [3.63, 3.8) is 0 Å². The molecule has 3 nitrogen and oxygen atoms in total. The Morgan fingerprint density at radius 1 is 1.47 bits per heavy atom. The van der Waals surface area contributed by atoms with Crippen LogP contribution in [0, 0.1) is 0 Å². The second kappa shape index (κ2) is 4.53. The van der Waals surface area contributed by atoms with Crippen molar-refractivity contribution in [3.05, 3.63) is 29.8 Å². The lowest BCUT2D eigenvalue weighted by atomic mass is 10.1. The van der Waals surface area contributed by atoms with Gasteiger partial charge in [-0.2, -0.15) is 0 Å². The number of methoxy groups -OCH3 is 1. The van der Waals surface area contributed by atoms with Crippen molar-refractivity contribution in [2.45, 2.75) is 12.5 Å². The largest absolute Gasteiger partial charge is 0.497 e. The Labute approximate surface area is 93.6 Å². The van der Waals surface area contributed by atoms with Crippen molar-refractivity contribution in [3.8, 4) is 5.75 Å². The first-order valence-electron chi connectivity index (χ1n) is 4.76. The Balaban J connectivity index is 2.10. The van der Waals surface area contributed by atoms with Crippen LogP contribution >= 0.6 is 11.6 Å². The van der Waals surface area contributed by atoms with Crippen LogP contribution in [0.5, 0.6) is 5.75 Å². The van der Waals surface area contributed by atoms with E-state index in [2.05, 4.69) is 5.16 Å². The fourth-order valence-electron chi connectivity index (χ4n) is 1.47. The molecular formula is C11H12ClNO2. The summed E-state index contributed by atoms with van der Waals surface area (Å²) in [6.07, 6.45) is 0.791. The number of hydrogen-bond donors (Lipinski definition) is 0. The van der Waals surface area contributed by atoms with Crippen LogP contribution in [-0.4, -0.2) is 24.8 Å². The monoisotopic (exact) mass is 225 g/mol. The summed E-state index contributed by atoms with van der Waals surface area (Å²) in [6.45, 7) is 0. The molecule has 0 N–H and O–H groups in total. The molecule has 1 atom stereocenters. The molecule has 0 spiro atoms. The van der Waals surface area contributed by atoms with Crippen LogP contribution in [0.25, 0.3) is 0 Å². The summed E-state index contributed by atoms with van der Waals surface area (Å²) in [5.74, 6) is 1.32. The summed E-state index contributed by atoms with van der Waals surface area (Å²) in [7, 11) is 1.65. The maximum Gasteiger partial charge on any atom is 0.146 e. The standard InChI is InChI=1S/C11H12ClNO2/c1-14-9-4-2-8(3-5-9)11-6-10(7-12)15-13-11/h2-5,10H,6-7H2,1H3. The first-order chi connectivity index (χ1) is 7.33. The van der Waals surface area contributed by atoms with Gasteiger partial charge in [-0.1, -0.05) is 5.16 Å². The van der Waals surface area contributed by atoms with E-state index in [1.165, 1.54) is 0 Å². The second-order valence-electron chi connectivity index (χ2n) is 3.35. The van der Waals surface area contributed by atoms with Crippen molar-refractivity contribution in [2.24, 2.45) is 5.16 Å². The third kappa shape index (κ3) is 2.23. The molecule has 15 heavy (non-hydrogen) atoms. The van der Waals surface area contributed by atoms with Crippen LogP contribution in [0.15, 0.2) is 29.4 Å². The Kier molecular flexibility index (Phi) is 3.11. The molecule has 1 aliphatic rings. The molecule has 2 rings (SSSR count). The van der Waals surface area contributed by atoms with Crippen LogP contribution in [0.3, 0.4) is 0 Å². The normalized spacial score (nSPS) is 19.6. The second-order valence-corrected chi connectivity index (χ2v) is 3.66. The van der Waals surface area contributed by atoms with Crippen LogP contribution in [0.1, 0.15) is 12.0 Å². The van der Waals surface area contributed by atoms with Gasteiger partial charge >= 0.3 is 0 Å². The highest BCUT2D eigenvalue weighted by molar-refractivity contribution is 6.18. The third-order valence-electron chi connectivity index (χ3n) is 2.33. The summed E-state index contributed by atoms with van der Waals surface area (Å²) >= 11 is 5.69. The topological polar surface area (TPSA) is 30.8 Å². The predicted molar refractivity (Wildman–Crippen MR) is 59.7 cm³/mol. The lowest BCUT2D eigenvalue weighted by Crippen LogP contribution is -2.09. The molecule has 1 unspecified atom stereocenters. The lowest BCUT2D eigenvalue weighted by molar-refractivity contribution is 0.102. The molecule has 0 bridgehead atoms. The van der Waals surface area contributed by atoms with Crippen LogP contribution in [-0.2, 0) is 4.84 Å². The highest BCUT2D eigenvalue weighted by Gasteiger charge is 2.20. The number of halogens is 1. The van der Waals surface area contributed by atoms with Crippen molar-refractivity contribution >= 4 is 17.3 Å². The van der Waals surface area contributed by atoms with Gasteiger partial charge in [-0.25, -0.2) is 0 Å². The molecule has 4 heteroatoms. The quantitative estimate of drug-likeness (QED) is 0.740. The van der Waals surface area contributed by atoms with E-state index in [-0.39, 0.29) is 6.10 Å². The van der Waals surface area contributed by atoms with Crippen molar-refractivity contribution < 1.29 is 9.57 Å². The summed E-state index contributed by atoms with van der Waals surface area (Å²) < 4.78 is 5.08. The Morgan fingerprint density at radius 2 is 2.20 bits per heavy atom. The van der Waals surface area contributed by atoms with Crippen molar-refractivity contribution in [1.82, 2.24) is 0 Å². The van der Waals surface area contributed by atoms with Gasteiger partial charge in [-0.05, 0) is 29.8 Å². The molecule has 0 amide bonds. The van der Waals surface area contributed by atoms with Gasteiger partial charge in [-0.15, -0.1) is 11.6 Å². The SMILES string of the molecule is COc1ccc(C2=NOC(CCl)C2)cc1. The van der Waals surface area contributed by atoms with E-state index in [1.54, 1.807) is 7.11 Å². The van der Waals surface area contributed by atoms with Gasteiger partial charge in [0.15, 0.2) is 0 Å². The molecule has 80 valence electrons. The number of benzene rings is 1. The number of oxime groups is 1. The lowest BCUT2D eigenvalue weighted by Gasteiger charge is -2.02. The first-order valence-corrected chi connectivity index (χ1v) is 5.30. The van der Waals surface area contributed by atoms with E-state index < -0.39 is 0 Å². The van der Waals surface area contributed by atoms with E-state index in [9.17, 15) is 0 Å². The molecule has 1 aromatic rings. The van der Waals surface area contributed by atoms with Crippen molar-refractivity contribution in [2.75, 3.05) is 13.0 Å². The third-order valence-corrected chi connectivity index (χ3v) is 2.67. The molecule has 1 aliphatic heterocycles. The van der Waals surface area contributed by atoms with E-state index >= 15 is 0 Å². The van der Waals surface area contributed by atoms with Gasteiger partial charge in [0.25, 0.3) is 0 Å². The van der Waals surface area contributed by atoms with E-state index in [1.807, 2.05) is 24.3 Å². The van der Waals surface area contributed by atoms with Gasteiger partial charge in [0.1, 0.15) is 11.9 Å². The first kappa shape index (κ1) is 10.3.